The van der Waals surface area contributed by atoms with Gasteiger partial charge in [0.25, 0.3) is 0 Å². The molecule has 12 heavy (non-hydrogen) atoms. The minimum absolute atomic E-state index is 0.126. The number of carbonyl (C=O) groups is 1. The van der Waals surface area contributed by atoms with Crippen molar-refractivity contribution in [1.82, 2.24) is 4.90 Å². The first-order valence-electron chi connectivity index (χ1n) is 4.15. The van der Waals surface area contributed by atoms with E-state index in [1.807, 2.05) is 0 Å². The highest BCUT2D eigenvalue weighted by molar-refractivity contribution is 5.77. The van der Waals surface area contributed by atoms with Crippen molar-refractivity contribution in [1.29, 1.82) is 0 Å². The van der Waals surface area contributed by atoms with E-state index >= 15 is 0 Å². The van der Waals surface area contributed by atoms with Gasteiger partial charge in [-0.1, -0.05) is 0 Å². The van der Waals surface area contributed by atoms with Crippen LogP contribution in [-0.2, 0) is 9.53 Å². The molecule has 1 aliphatic heterocycles. The van der Waals surface area contributed by atoms with Gasteiger partial charge in [0, 0.05) is 32.7 Å². The molecule has 4 heteroatoms. The Hall–Kier alpha value is -0.610. The number of methoxy groups -OCH3 is 1. The second-order valence-corrected chi connectivity index (χ2v) is 3.09. The summed E-state index contributed by atoms with van der Waals surface area (Å²) in [5.41, 5.74) is 0. The highest BCUT2D eigenvalue weighted by Gasteiger charge is 2.29. The number of carbonyl (C=O) groups excluding carboxylic acids is 1. The number of aliphatic hydroxyl groups is 1. The van der Waals surface area contributed by atoms with Crippen LogP contribution in [0.1, 0.15) is 6.42 Å². The quantitative estimate of drug-likeness (QED) is 0.622. The summed E-state index contributed by atoms with van der Waals surface area (Å²) in [6.45, 7) is 2.09. The van der Waals surface area contributed by atoms with Crippen LogP contribution >= 0.6 is 0 Å². The fourth-order valence-electron chi connectivity index (χ4n) is 1.24. The van der Waals surface area contributed by atoms with Crippen molar-refractivity contribution in [3.05, 3.63) is 0 Å². The molecule has 1 rings (SSSR count). The van der Waals surface area contributed by atoms with Crippen molar-refractivity contribution in [3.8, 4) is 0 Å². The van der Waals surface area contributed by atoms with E-state index in [0.717, 1.165) is 0 Å². The Morgan fingerprint density at radius 3 is 2.83 bits per heavy atom. The van der Waals surface area contributed by atoms with Crippen LogP contribution in [0.3, 0.4) is 0 Å². The molecule has 0 aromatic rings. The molecule has 1 aliphatic rings. The Bertz CT molecular complexity index is 154. The van der Waals surface area contributed by atoms with E-state index in [1.165, 1.54) is 0 Å². The van der Waals surface area contributed by atoms with Crippen LogP contribution < -0.4 is 0 Å². The lowest BCUT2D eigenvalue weighted by Crippen LogP contribution is -2.51. The lowest BCUT2D eigenvalue weighted by atomic mass is 10.0. The van der Waals surface area contributed by atoms with Gasteiger partial charge in [0.2, 0.25) is 5.91 Å². The average molecular weight is 173 g/mol. The summed E-state index contributed by atoms with van der Waals surface area (Å²) < 4.78 is 4.79. The van der Waals surface area contributed by atoms with Gasteiger partial charge in [-0.2, -0.15) is 0 Å². The van der Waals surface area contributed by atoms with E-state index < -0.39 is 0 Å². The first-order valence-corrected chi connectivity index (χ1v) is 4.15. The van der Waals surface area contributed by atoms with Gasteiger partial charge >= 0.3 is 0 Å². The standard InChI is InChI=1S/C8H15NO3/c1-12-3-2-8(11)9-4-7(5-9)6-10/h7,10H,2-6H2,1H3. The number of aliphatic hydroxyl groups excluding tert-OH is 1. The van der Waals surface area contributed by atoms with Gasteiger partial charge in [0.1, 0.15) is 0 Å². The zero-order valence-electron chi connectivity index (χ0n) is 7.32. The molecule has 0 aromatic carbocycles. The van der Waals surface area contributed by atoms with Gasteiger partial charge in [-0.15, -0.1) is 0 Å². The minimum atomic E-state index is 0.126. The van der Waals surface area contributed by atoms with Crippen molar-refractivity contribution >= 4 is 5.91 Å². The smallest absolute Gasteiger partial charge is 0.224 e. The normalized spacial score (nSPS) is 17.7. The molecule has 70 valence electrons. The third-order valence-electron chi connectivity index (χ3n) is 2.09. The molecule has 1 fully saturated rings. The van der Waals surface area contributed by atoms with Gasteiger partial charge in [0.15, 0.2) is 0 Å². The summed E-state index contributed by atoms with van der Waals surface area (Å²) in [7, 11) is 1.58. The molecule has 0 spiro atoms. The molecular formula is C8H15NO3. The minimum Gasteiger partial charge on any atom is -0.396 e. The Morgan fingerprint density at radius 1 is 1.67 bits per heavy atom. The van der Waals surface area contributed by atoms with E-state index in [4.69, 9.17) is 9.84 Å². The van der Waals surface area contributed by atoms with Gasteiger partial charge in [0.05, 0.1) is 13.0 Å². The fourth-order valence-corrected chi connectivity index (χ4v) is 1.24. The van der Waals surface area contributed by atoms with E-state index in [9.17, 15) is 4.79 Å². The molecule has 4 nitrogen and oxygen atoms in total. The Labute approximate surface area is 72.1 Å². The maximum Gasteiger partial charge on any atom is 0.224 e. The van der Waals surface area contributed by atoms with Gasteiger partial charge in [-0.25, -0.2) is 0 Å². The van der Waals surface area contributed by atoms with E-state index in [1.54, 1.807) is 12.0 Å². The van der Waals surface area contributed by atoms with Crippen LogP contribution in [0.15, 0.2) is 0 Å². The number of ether oxygens (including phenoxy) is 1. The summed E-state index contributed by atoms with van der Waals surface area (Å²) in [5, 5.41) is 8.70. The third kappa shape index (κ3) is 2.19. The number of hydrogen-bond acceptors (Lipinski definition) is 3. The molecule has 1 heterocycles. The van der Waals surface area contributed by atoms with Crippen LogP contribution in [0.5, 0.6) is 0 Å². The van der Waals surface area contributed by atoms with E-state index in [2.05, 4.69) is 0 Å². The fraction of sp³-hybridized carbons (Fsp3) is 0.875. The maximum absolute atomic E-state index is 11.2. The number of hydrogen-bond donors (Lipinski definition) is 1. The van der Waals surface area contributed by atoms with Crippen LogP contribution in [-0.4, -0.2) is 49.3 Å². The molecule has 0 saturated carbocycles. The average Bonchev–Trinajstić information content (AvgIpc) is 1.99. The molecular weight excluding hydrogens is 158 g/mol. The summed E-state index contributed by atoms with van der Waals surface area (Å²) >= 11 is 0. The molecule has 0 unspecified atom stereocenters. The topological polar surface area (TPSA) is 49.8 Å². The number of amides is 1. The predicted molar refractivity (Wildman–Crippen MR) is 43.6 cm³/mol. The van der Waals surface area contributed by atoms with Crippen LogP contribution in [0.25, 0.3) is 0 Å². The maximum atomic E-state index is 11.2. The second-order valence-electron chi connectivity index (χ2n) is 3.09. The molecule has 1 amide bonds. The zero-order valence-corrected chi connectivity index (χ0v) is 7.32. The van der Waals surface area contributed by atoms with Crippen molar-refractivity contribution < 1.29 is 14.6 Å². The summed E-state index contributed by atoms with van der Waals surface area (Å²) in [6, 6.07) is 0. The predicted octanol–water partition coefficient (Wildman–Crippen LogP) is -0.526. The zero-order chi connectivity index (χ0) is 8.97. The van der Waals surface area contributed by atoms with Gasteiger partial charge in [-0.05, 0) is 0 Å². The molecule has 1 saturated heterocycles. The Kier molecular flexibility index (Phi) is 3.49. The summed E-state index contributed by atoms with van der Waals surface area (Å²) in [5.74, 6) is 0.429. The van der Waals surface area contributed by atoms with Gasteiger partial charge < -0.3 is 14.7 Å². The van der Waals surface area contributed by atoms with Crippen LogP contribution in [0.4, 0.5) is 0 Å². The number of nitrogens with zero attached hydrogens (tertiary/aromatic N) is 1. The van der Waals surface area contributed by atoms with E-state index in [-0.39, 0.29) is 12.5 Å². The van der Waals surface area contributed by atoms with Crippen molar-refractivity contribution in [2.75, 3.05) is 33.4 Å². The van der Waals surface area contributed by atoms with E-state index in [0.29, 0.717) is 32.0 Å². The Balaban J connectivity index is 2.11. The molecule has 1 N–H and O–H groups in total. The summed E-state index contributed by atoms with van der Waals surface area (Å²) in [6.07, 6.45) is 0.453. The van der Waals surface area contributed by atoms with Crippen molar-refractivity contribution in [2.24, 2.45) is 5.92 Å². The van der Waals surface area contributed by atoms with Crippen molar-refractivity contribution in [3.63, 3.8) is 0 Å². The molecule has 0 radical (unpaired) electrons. The lowest BCUT2D eigenvalue weighted by Gasteiger charge is -2.38. The third-order valence-corrected chi connectivity index (χ3v) is 2.09. The molecule has 0 bridgehead atoms. The Morgan fingerprint density at radius 2 is 2.33 bits per heavy atom. The first-order chi connectivity index (χ1) is 5.77. The second kappa shape index (κ2) is 4.42. The summed E-state index contributed by atoms with van der Waals surface area (Å²) in [4.78, 5) is 13.0. The van der Waals surface area contributed by atoms with Crippen molar-refractivity contribution in [2.45, 2.75) is 6.42 Å². The lowest BCUT2D eigenvalue weighted by molar-refractivity contribution is -0.139. The SMILES string of the molecule is COCCC(=O)N1CC(CO)C1. The molecule has 0 aromatic heterocycles. The molecule has 0 atom stereocenters. The number of likely N-dealkylation sites (tertiary alicyclic amines) is 1. The first kappa shape index (κ1) is 9.48. The highest BCUT2D eigenvalue weighted by Crippen LogP contribution is 2.15. The highest BCUT2D eigenvalue weighted by atomic mass is 16.5. The largest absolute Gasteiger partial charge is 0.396 e. The molecule has 0 aliphatic carbocycles. The van der Waals surface area contributed by atoms with Crippen LogP contribution in [0.2, 0.25) is 0 Å². The van der Waals surface area contributed by atoms with Gasteiger partial charge in [-0.3, -0.25) is 4.79 Å². The van der Waals surface area contributed by atoms with Crippen LogP contribution in [0, 0.1) is 5.92 Å². The number of rotatable bonds is 4. The monoisotopic (exact) mass is 173 g/mol.